The molecule has 0 aromatic heterocycles. The lowest BCUT2D eigenvalue weighted by Crippen LogP contribution is -2.49. The van der Waals surface area contributed by atoms with Gasteiger partial charge in [0.15, 0.2) is 0 Å². The summed E-state index contributed by atoms with van der Waals surface area (Å²) in [7, 11) is 0. The number of carbonyl (C=O) groups excluding carboxylic acids is 4. The van der Waals surface area contributed by atoms with Crippen molar-refractivity contribution in [3.05, 3.63) is 24.3 Å². The third-order valence-electron chi connectivity index (χ3n) is 5.49. The minimum absolute atomic E-state index is 0.0162. The number of hydrogen-bond donors (Lipinski definition) is 1. The fourth-order valence-electron chi connectivity index (χ4n) is 4.27. The Labute approximate surface area is 165 Å². The zero-order valence-electron chi connectivity index (χ0n) is 16.4. The topological polar surface area (TPSA) is 86.8 Å². The highest BCUT2D eigenvalue weighted by Crippen LogP contribution is 2.31. The van der Waals surface area contributed by atoms with E-state index in [2.05, 4.69) is 5.32 Å². The first-order valence-electron chi connectivity index (χ1n) is 9.92. The first-order chi connectivity index (χ1) is 13.4. The summed E-state index contributed by atoms with van der Waals surface area (Å²) in [5.74, 6) is -0.999. The second-order valence-corrected chi connectivity index (χ2v) is 7.59. The van der Waals surface area contributed by atoms with Crippen LogP contribution in [-0.4, -0.2) is 40.6 Å². The van der Waals surface area contributed by atoms with Crippen LogP contribution in [0.3, 0.4) is 0 Å². The van der Waals surface area contributed by atoms with Crippen molar-refractivity contribution in [2.24, 2.45) is 0 Å². The van der Waals surface area contributed by atoms with Crippen LogP contribution in [0, 0.1) is 0 Å². The number of rotatable bonds is 4. The van der Waals surface area contributed by atoms with Crippen LogP contribution in [-0.2, 0) is 19.2 Å². The molecule has 28 heavy (non-hydrogen) atoms. The van der Waals surface area contributed by atoms with Gasteiger partial charge in [-0.15, -0.1) is 0 Å². The first-order valence-corrected chi connectivity index (χ1v) is 9.92. The standard InChI is InChI=1S/C21H27N3O4/c1-14(25)22-16-9-11-18(12-10-16)24-20(27)13-19(21(24)28)23(15(2)26)17-7-5-3-4-6-8-17/h9-12,17,19H,3-8,13H2,1-2H3,(H,22,25). The fourth-order valence-corrected chi connectivity index (χ4v) is 4.27. The van der Waals surface area contributed by atoms with Crippen molar-refractivity contribution in [2.45, 2.75) is 70.9 Å². The highest BCUT2D eigenvalue weighted by atomic mass is 16.2. The molecule has 7 nitrogen and oxygen atoms in total. The van der Waals surface area contributed by atoms with Crippen LogP contribution in [0.2, 0.25) is 0 Å². The third kappa shape index (κ3) is 4.24. The molecule has 2 fully saturated rings. The van der Waals surface area contributed by atoms with Crippen molar-refractivity contribution in [1.82, 2.24) is 4.90 Å². The average molecular weight is 385 g/mol. The van der Waals surface area contributed by atoms with Gasteiger partial charge in [0.25, 0.3) is 5.91 Å². The second kappa shape index (κ2) is 8.54. The minimum atomic E-state index is -0.733. The van der Waals surface area contributed by atoms with Gasteiger partial charge in [-0.3, -0.25) is 19.2 Å². The molecule has 1 N–H and O–H groups in total. The Balaban J connectivity index is 1.81. The lowest BCUT2D eigenvalue weighted by atomic mass is 10.0. The average Bonchev–Trinajstić information content (AvgIpc) is 2.80. The number of amides is 4. The van der Waals surface area contributed by atoms with E-state index in [9.17, 15) is 19.2 Å². The molecule has 1 aliphatic heterocycles. The molecule has 150 valence electrons. The predicted molar refractivity (Wildman–Crippen MR) is 106 cm³/mol. The monoisotopic (exact) mass is 385 g/mol. The Morgan fingerprint density at radius 2 is 1.61 bits per heavy atom. The Bertz CT molecular complexity index is 766. The maximum Gasteiger partial charge on any atom is 0.257 e. The summed E-state index contributed by atoms with van der Waals surface area (Å²) >= 11 is 0. The lowest BCUT2D eigenvalue weighted by Gasteiger charge is -2.34. The van der Waals surface area contributed by atoms with E-state index >= 15 is 0 Å². The van der Waals surface area contributed by atoms with Crippen molar-refractivity contribution in [3.8, 4) is 0 Å². The van der Waals surface area contributed by atoms with Gasteiger partial charge in [0.05, 0.1) is 12.1 Å². The van der Waals surface area contributed by atoms with E-state index in [4.69, 9.17) is 0 Å². The highest BCUT2D eigenvalue weighted by molar-refractivity contribution is 6.23. The smallest absolute Gasteiger partial charge is 0.257 e. The Hall–Kier alpha value is -2.70. The maximum atomic E-state index is 13.1. The maximum absolute atomic E-state index is 13.1. The van der Waals surface area contributed by atoms with E-state index in [0.717, 1.165) is 43.4 Å². The van der Waals surface area contributed by atoms with Crippen LogP contribution in [0.1, 0.15) is 58.8 Å². The normalized spacial score (nSPS) is 20.8. The van der Waals surface area contributed by atoms with Gasteiger partial charge in [0.2, 0.25) is 17.7 Å². The zero-order valence-corrected chi connectivity index (χ0v) is 16.4. The Morgan fingerprint density at radius 1 is 1.00 bits per heavy atom. The molecule has 0 spiro atoms. The number of benzene rings is 1. The van der Waals surface area contributed by atoms with Gasteiger partial charge in [0, 0.05) is 25.6 Å². The van der Waals surface area contributed by atoms with E-state index in [0.29, 0.717) is 11.4 Å². The summed E-state index contributed by atoms with van der Waals surface area (Å²) in [5.41, 5.74) is 1.05. The molecular weight excluding hydrogens is 358 g/mol. The van der Waals surface area contributed by atoms with Gasteiger partial charge in [-0.05, 0) is 37.1 Å². The molecule has 1 aromatic rings. The molecule has 1 aromatic carbocycles. The Morgan fingerprint density at radius 3 is 2.14 bits per heavy atom. The molecule has 1 saturated carbocycles. The van der Waals surface area contributed by atoms with Crippen molar-refractivity contribution in [3.63, 3.8) is 0 Å². The molecule has 1 saturated heterocycles. The molecule has 1 aliphatic carbocycles. The summed E-state index contributed by atoms with van der Waals surface area (Å²) in [4.78, 5) is 52.1. The molecular formula is C21H27N3O4. The third-order valence-corrected chi connectivity index (χ3v) is 5.49. The minimum Gasteiger partial charge on any atom is -0.327 e. The van der Waals surface area contributed by atoms with Gasteiger partial charge < -0.3 is 10.2 Å². The zero-order chi connectivity index (χ0) is 20.3. The molecule has 7 heteroatoms. The number of carbonyl (C=O) groups is 4. The van der Waals surface area contributed by atoms with Crippen LogP contribution in [0.15, 0.2) is 24.3 Å². The lowest BCUT2D eigenvalue weighted by molar-refractivity contribution is -0.139. The summed E-state index contributed by atoms with van der Waals surface area (Å²) in [6.45, 7) is 2.89. The Kier molecular flexibility index (Phi) is 6.11. The van der Waals surface area contributed by atoms with E-state index in [1.165, 1.54) is 13.8 Å². The molecule has 1 unspecified atom stereocenters. The molecule has 0 bridgehead atoms. The van der Waals surface area contributed by atoms with Crippen molar-refractivity contribution >= 4 is 35.0 Å². The number of hydrogen-bond acceptors (Lipinski definition) is 4. The van der Waals surface area contributed by atoms with Gasteiger partial charge in [0.1, 0.15) is 6.04 Å². The highest BCUT2D eigenvalue weighted by Gasteiger charge is 2.45. The number of nitrogens with zero attached hydrogens (tertiary/aromatic N) is 2. The second-order valence-electron chi connectivity index (χ2n) is 7.59. The summed E-state index contributed by atoms with van der Waals surface area (Å²) in [6, 6.07) is 5.85. The van der Waals surface area contributed by atoms with Gasteiger partial charge in [-0.25, -0.2) is 4.90 Å². The van der Waals surface area contributed by atoms with Gasteiger partial charge >= 0.3 is 0 Å². The van der Waals surface area contributed by atoms with Crippen LogP contribution >= 0.6 is 0 Å². The molecule has 1 atom stereocenters. The van der Waals surface area contributed by atoms with E-state index in [1.54, 1.807) is 29.2 Å². The SMILES string of the molecule is CC(=O)Nc1ccc(N2C(=O)CC(N(C(C)=O)C3CCCCCC3)C2=O)cc1. The molecule has 2 aliphatic rings. The van der Waals surface area contributed by atoms with Crippen molar-refractivity contribution < 1.29 is 19.2 Å². The first kappa shape index (κ1) is 20.0. The largest absolute Gasteiger partial charge is 0.327 e. The molecule has 0 radical (unpaired) electrons. The van der Waals surface area contributed by atoms with Crippen LogP contribution in [0.5, 0.6) is 0 Å². The van der Waals surface area contributed by atoms with Crippen molar-refractivity contribution in [2.75, 3.05) is 10.2 Å². The number of anilines is 2. The molecule has 3 rings (SSSR count). The van der Waals surface area contributed by atoms with Gasteiger partial charge in [-0.1, -0.05) is 25.7 Å². The molecule has 4 amide bonds. The number of nitrogens with one attached hydrogen (secondary N) is 1. The summed E-state index contributed by atoms with van der Waals surface area (Å²) in [6.07, 6.45) is 6.14. The molecule has 1 heterocycles. The van der Waals surface area contributed by atoms with E-state index < -0.39 is 6.04 Å². The van der Waals surface area contributed by atoms with Crippen LogP contribution < -0.4 is 10.2 Å². The van der Waals surface area contributed by atoms with Crippen molar-refractivity contribution in [1.29, 1.82) is 0 Å². The summed E-state index contributed by atoms with van der Waals surface area (Å²) < 4.78 is 0. The number of imide groups is 1. The summed E-state index contributed by atoms with van der Waals surface area (Å²) in [5, 5.41) is 2.66. The van der Waals surface area contributed by atoms with Gasteiger partial charge in [-0.2, -0.15) is 0 Å². The predicted octanol–water partition coefficient (Wildman–Crippen LogP) is 2.85. The van der Waals surface area contributed by atoms with E-state index in [1.807, 2.05) is 0 Å². The quantitative estimate of drug-likeness (QED) is 0.638. The van der Waals surface area contributed by atoms with Crippen LogP contribution in [0.4, 0.5) is 11.4 Å². The van der Waals surface area contributed by atoms with E-state index in [-0.39, 0.29) is 36.1 Å². The fraction of sp³-hybridized carbons (Fsp3) is 0.524. The van der Waals surface area contributed by atoms with Crippen LogP contribution in [0.25, 0.3) is 0 Å².